The quantitative estimate of drug-likeness (QED) is 0.661. The lowest BCUT2D eigenvalue weighted by Crippen LogP contribution is -2.30. The fourth-order valence-corrected chi connectivity index (χ4v) is 4.30. The van der Waals surface area contributed by atoms with E-state index < -0.39 is 10.0 Å². The van der Waals surface area contributed by atoms with E-state index in [9.17, 15) is 8.42 Å². The first-order valence-electron chi connectivity index (χ1n) is 6.62. The molecular formula is C15H14BrCl2NO3S. The van der Waals surface area contributed by atoms with Crippen LogP contribution in [0.3, 0.4) is 0 Å². The topological polar surface area (TPSA) is 46.6 Å². The zero-order valence-corrected chi connectivity index (χ0v) is 16.3. The van der Waals surface area contributed by atoms with E-state index in [0.717, 1.165) is 0 Å². The first-order valence-corrected chi connectivity index (χ1v) is 9.61. The van der Waals surface area contributed by atoms with Crippen molar-refractivity contribution in [3.63, 3.8) is 0 Å². The molecule has 0 spiro atoms. The Bertz CT molecular complexity index is 827. The van der Waals surface area contributed by atoms with Gasteiger partial charge in [0.15, 0.2) is 0 Å². The summed E-state index contributed by atoms with van der Waals surface area (Å²) in [5.74, 6) is 0.417. The van der Waals surface area contributed by atoms with Gasteiger partial charge in [-0.2, -0.15) is 0 Å². The van der Waals surface area contributed by atoms with Gasteiger partial charge in [-0.1, -0.05) is 23.2 Å². The molecule has 0 aliphatic heterocycles. The Morgan fingerprint density at radius 3 is 2.35 bits per heavy atom. The van der Waals surface area contributed by atoms with Crippen molar-refractivity contribution in [3.8, 4) is 5.75 Å². The predicted molar refractivity (Wildman–Crippen MR) is 97.4 cm³/mol. The second-order valence-corrected chi connectivity index (χ2v) is 8.10. The van der Waals surface area contributed by atoms with Crippen molar-refractivity contribution in [3.05, 3.63) is 50.9 Å². The number of methoxy groups -OCH3 is 1. The van der Waals surface area contributed by atoms with Crippen molar-refractivity contribution < 1.29 is 13.2 Å². The Kier molecular flexibility index (Phi) is 5.84. The Hall–Kier alpha value is -0.950. The Labute approximate surface area is 154 Å². The van der Waals surface area contributed by atoms with E-state index in [2.05, 4.69) is 15.9 Å². The molecule has 4 nitrogen and oxygen atoms in total. The normalized spacial score (nSPS) is 11.3. The van der Waals surface area contributed by atoms with Crippen molar-refractivity contribution in [2.24, 2.45) is 0 Å². The average Bonchev–Trinajstić information content (AvgIpc) is 2.51. The number of nitrogens with zero attached hydrogens (tertiary/aromatic N) is 1. The molecule has 8 heteroatoms. The monoisotopic (exact) mass is 437 g/mol. The summed E-state index contributed by atoms with van der Waals surface area (Å²) in [6, 6.07) is 9.34. The van der Waals surface area contributed by atoms with Gasteiger partial charge < -0.3 is 4.74 Å². The molecule has 0 saturated carbocycles. The highest BCUT2D eigenvalue weighted by molar-refractivity contribution is 9.10. The van der Waals surface area contributed by atoms with E-state index in [1.54, 1.807) is 25.1 Å². The highest BCUT2D eigenvalue weighted by Crippen LogP contribution is 2.32. The van der Waals surface area contributed by atoms with Crippen LogP contribution in [0.25, 0.3) is 0 Å². The maximum absolute atomic E-state index is 12.9. The van der Waals surface area contributed by atoms with E-state index in [0.29, 0.717) is 20.9 Å². The molecule has 0 aliphatic carbocycles. The zero-order chi connectivity index (χ0) is 17.2. The molecule has 2 aromatic carbocycles. The summed E-state index contributed by atoms with van der Waals surface area (Å²) in [5.41, 5.74) is 0.479. The van der Waals surface area contributed by atoms with Gasteiger partial charge in [0.05, 0.1) is 27.7 Å². The van der Waals surface area contributed by atoms with Crippen molar-refractivity contribution in [2.75, 3.05) is 18.0 Å². The maximum atomic E-state index is 12.9. The van der Waals surface area contributed by atoms with Gasteiger partial charge in [-0.25, -0.2) is 8.42 Å². The zero-order valence-electron chi connectivity index (χ0n) is 12.4. The van der Waals surface area contributed by atoms with E-state index >= 15 is 0 Å². The maximum Gasteiger partial charge on any atom is 0.264 e. The van der Waals surface area contributed by atoms with E-state index in [4.69, 9.17) is 27.9 Å². The summed E-state index contributed by atoms with van der Waals surface area (Å²) >= 11 is 15.4. The van der Waals surface area contributed by atoms with Gasteiger partial charge in [0.1, 0.15) is 5.75 Å². The molecule has 0 aliphatic rings. The second-order valence-electron chi connectivity index (χ2n) is 4.56. The highest BCUT2D eigenvalue weighted by Gasteiger charge is 2.25. The lowest BCUT2D eigenvalue weighted by Gasteiger charge is -2.23. The number of benzene rings is 2. The van der Waals surface area contributed by atoms with Gasteiger partial charge in [-0.05, 0) is 59.3 Å². The number of hydrogen-bond donors (Lipinski definition) is 0. The van der Waals surface area contributed by atoms with Crippen molar-refractivity contribution in [1.29, 1.82) is 0 Å². The number of anilines is 1. The molecular weight excluding hydrogens is 425 g/mol. The van der Waals surface area contributed by atoms with E-state index in [1.807, 2.05) is 0 Å². The molecule has 0 N–H and O–H groups in total. The Morgan fingerprint density at radius 2 is 1.83 bits per heavy atom. The third kappa shape index (κ3) is 3.76. The third-order valence-corrected chi connectivity index (χ3v) is 6.62. The van der Waals surface area contributed by atoms with Crippen LogP contribution < -0.4 is 9.04 Å². The molecule has 0 saturated heterocycles. The highest BCUT2D eigenvalue weighted by atomic mass is 79.9. The number of rotatable bonds is 5. The molecule has 23 heavy (non-hydrogen) atoms. The molecule has 0 amide bonds. The van der Waals surface area contributed by atoms with Crippen LogP contribution in [-0.2, 0) is 10.0 Å². The van der Waals surface area contributed by atoms with E-state index in [-0.39, 0.29) is 16.5 Å². The second kappa shape index (κ2) is 7.30. The first-order chi connectivity index (χ1) is 10.8. The minimum atomic E-state index is -3.76. The molecule has 0 bridgehead atoms. The smallest absolute Gasteiger partial charge is 0.264 e. The summed E-state index contributed by atoms with van der Waals surface area (Å²) in [5, 5.41) is 0.669. The lowest BCUT2D eigenvalue weighted by molar-refractivity contribution is 0.414. The first kappa shape index (κ1) is 18.4. The largest absolute Gasteiger partial charge is 0.495 e. The van der Waals surface area contributed by atoms with Crippen LogP contribution >= 0.6 is 39.1 Å². The fraction of sp³-hybridized carbons (Fsp3) is 0.200. The Morgan fingerprint density at radius 1 is 1.13 bits per heavy atom. The van der Waals surface area contributed by atoms with Gasteiger partial charge in [0, 0.05) is 11.0 Å². The van der Waals surface area contributed by atoms with Crippen molar-refractivity contribution in [2.45, 2.75) is 11.8 Å². The average molecular weight is 439 g/mol. The molecule has 2 rings (SSSR count). The number of sulfonamides is 1. The van der Waals surface area contributed by atoms with Crippen LogP contribution in [0.4, 0.5) is 5.69 Å². The minimum Gasteiger partial charge on any atom is -0.495 e. The van der Waals surface area contributed by atoms with Gasteiger partial charge >= 0.3 is 0 Å². The summed E-state index contributed by atoms with van der Waals surface area (Å²) in [6.07, 6.45) is 0. The van der Waals surface area contributed by atoms with Crippen LogP contribution in [0.2, 0.25) is 10.0 Å². The van der Waals surface area contributed by atoms with Crippen LogP contribution in [0.5, 0.6) is 5.75 Å². The van der Waals surface area contributed by atoms with E-state index in [1.165, 1.54) is 29.6 Å². The summed E-state index contributed by atoms with van der Waals surface area (Å²) in [6.45, 7) is 2.00. The van der Waals surface area contributed by atoms with Crippen LogP contribution in [0.1, 0.15) is 6.92 Å². The van der Waals surface area contributed by atoms with Gasteiger partial charge in [-0.15, -0.1) is 0 Å². The molecule has 2 aromatic rings. The molecule has 124 valence electrons. The number of hydrogen-bond acceptors (Lipinski definition) is 3. The molecule has 0 fully saturated rings. The molecule has 0 heterocycles. The fourth-order valence-electron chi connectivity index (χ4n) is 2.07. The predicted octanol–water partition coefficient (Wildman–Crippen LogP) is 4.98. The third-order valence-electron chi connectivity index (χ3n) is 3.19. The molecule has 0 aromatic heterocycles. The minimum absolute atomic E-state index is 0.0872. The number of halogens is 3. The van der Waals surface area contributed by atoms with Crippen molar-refractivity contribution in [1.82, 2.24) is 0 Å². The number of ether oxygens (including phenoxy) is 1. The SMILES string of the molecule is CCN(c1ccc(Br)c(Cl)c1)S(=O)(=O)c1ccc(OC)c(Cl)c1. The molecule has 0 unspecified atom stereocenters. The van der Waals surface area contributed by atoms with Gasteiger partial charge in [0.25, 0.3) is 10.0 Å². The summed E-state index contributed by atoms with van der Waals surface area (Å²) in [4.78, 5) is 0.0872. The lowest BCUT2D eigenvalue weighted by atomic mass is 10.3. The van der Waals surface area contributed by atoms with Crippen LogP contribution in [0, 0.1) is 0 Å². The van der Waals surface area contributed by atoms with Crippen LogP contribution in [0.15, 0.2) is 45.8 Å². The van der Waals surface area contributed by atoms with Gasteiger partial charge in [-0.3, -0.25) is 4.31 Å². The Balaban J connectivity index is 2.50. The molecule has 0 atom stereocenters. The van der Waals surface area contributed by atoms with Crippen molar-refractivity contribution >= 4 is 54.8 Å². The van der Waals surface area contributed by atoms with Crippen LogP contribution in [-0.4, -0.2) is 22.1 Å². The molecule has 0 radical (unpaired) electrons. The summed E-state index contributed by atoms with van der Waals surface area (Å²) in [7, 11) is -2.29. The summed E-state index contributed by atoms with van der Waals surface area (Å²) < 4.78 is 32.8. The van der Waals surface area contributed by atoms with Gasteiger partial charge in [0.2, 0.25) is 0 Å². The standard InChI is InChI=1S/C15H14BrCl2NO3S/c1-3-19(10-4-6-12(16)13(17)8-10)23(20,21)11-5-7-15(22-2)14(18)9-11/h4-9H,3H2,1-2H3.